The Hall–Kier alpha value is -0.709. The maximum atomic E-state index is 9.95. The van der Waals surface area contributed by atoms with Crippen molar-refractivity contribution >= 4 is 28.6 Å². The van der Waals surface area contributed by atoms with E-state index in [9.17, 15) is 5.11 Å². The zero-order chi connectivity index (χ0) is 10.9. The molecule has 0 radical (unpaired) electrons. The second kappa shape index (κ2) is 7.67. The van der Waals surface area contributed by atoms with E-state index in [-0.39, 0.29) is 28.6 Å². The molecule has 0 spiro atoms. The maximum Gasteiger partial charge on any atom is 0.249 e. The van der Waals surface area contributed by atoms with Gasteiger partial charge in [0.15, 0.2) is 0 Å². The van der Waals surface area contributed by atoms with Gasteiger partial charge < -0.3 is 5.11 Å². The molecule has 0 amide bonds. The topological polar surface area (TPSA) is 20.2 Å². The summed E-state index contributed by atoms with van der Waals surface area (Å²) >= 11 is 0. The van der Waals surface area contributed by atoms with Crippen LogP contribution in [0.3, 0.4) is 0 Å². The van der Waals surface area contributed by atoms with Crippen LogP contribution in [-0.2, 0) is 0 Å². The van der Waals surface area contributed by atoms with Gasteiger partial charge in [-0.3, -0.25) is 0 Å². The summed E-state index contributed by atoms with van der Waals surface area (Å²) in [4.78, 5) is 0. The van der Waals surface area contributed by atoms with Gasteiger partial charge in [-0.25, -0.2) is 0 Å². The minimum absolute atomic E-state index is 0.346. The predicted octanol–water partition coefficient (Wildman–Crippen LogP) is -1.75. The molecule has 0 heterocycles. The SMILES string of the molecule is C[SiH2]C#CC(O)(C#C[SiH2]C)C#C[SiH2]C. The van der Waals surface area contributed by atoms with E-state index >= 15 is 0 Å². The molecule has 1 N–H and O–H groups in total. The summed E-state index contributed by atoms with van der Waals surface area (Å²) < 4.78 is 0. The molecule has 0 aliphatic heterocycles. The van der Waals surface area contributed by atoms with E-state index in [0.29, 0.717) is 0 Å². The van der Waals surface area contributed by atoms with Gasteiger partial charge in [-0.05, 0) is 17.8 Å². The molecule has 74 valence electrons. The number of hydrogen-bond donors (Lipinski definition) is 1. The first-order chi connectivity index (χ1) is 6.68. The zero-order valence-electron chi connectivity index (χ0n) is 9.07. The molecule has 0 unspecified atom stereocenters. The van der Waals surface area contributed by atoms with Crippen LogP contribution in [0, 0.1) is 34.4 Å². The lowest BCUT2D eigenvalue weighted by molar-refractivity contribution is 0.224. The molecule has 0 saturated carbocycles. The summed E-state index contributed by atoms with van der Waals surface area (Å²) in [6.45, 7) is 6.24. The molecule has 0 aromatic rings. The Kier molecular flexibility index (Phi) is 7.28. The summed E-state index contributed by atoms with van der Waals surface area (Å²) in [6, 6.07) is 0. The lowest BCUT2D eigenvalue weighted by Crippen LogP contribution is -2.22. The lowest BCUT2D eigenvalue weighted by Gasteiger charge is -2.05. The van der Waals surface area contributed by atoms with Crippen LogP contribution in [0.25, 0.3) is 0 Å². The monoisotopic (exact) mass is 236 g/mol. The fourth-order valence-electron chi connectivity index (χ4n) is 0.743. The van der Waals surface area contributed by atoms with E-state index in [1.807, 2.05) is 0 Å². The Bertz CT molecular complexity index is 288. The van der Waals surface area contributed by atoms with Crippen molar-refractivity contribution in [1.29, 1.82) is 0 Å². The second-order valence-corrected chi connectivity index (χ2v) is 5.86. The van der Waals surface area contributed by atoms with Crippen LogP contribution < -0.4 is 0 Å². The first kappa shape index (κ1) is 13.3. The predicted molar refractivity (Wildman–Crippen MR) is 71.5 cm³/mol. The fraction of sp³-hybridized carbons (Fsp3) is 0.400. The van der Waals surface area contributed by atoms with Gasteiger partial charge in [0.1, 0.15) is 28.6 Å². The minimum Gasteiger partial charge on any atom is -0.358 e. The van der Waals surface area contributed by atoms with Gasteiger partial charge >= 0.3 is 0 Å². The molecule has 0 fully saturated rings. The summed E-state index contributed by atoms with van der Waals surface area (Å²) in [5.74, 6) is 8.34. The molecule has 0 rings (SSSR count). The molecule has 14 heavy (non-hydrogen) atoms. The second-order valence-electron chi connectivity index (χ2n) is 2.68. The number of hydrogen-bond acceptors (Lipinski definition) is 1. The van der Waals surface area contributed by atoms with Crippen LogP contribution in [0.2, 0.25) is 19.6 Å². The Morgan fingerprint density at radius 3 is 1.29 bits per heavy atom. The average molecular weight is 236 g/mol. The highest BCUT2D eigenvalue weighted by Gasteiger charge is 2.15. The Labute approximate surface area is 93.5 Å². The molecule has 0 bridgehead atoms. The van der Waals surface area contributed by atoms with Crippen LogP contribution in [0.15, 0.2) is 0 Å². The zero-order valence-corrected chi connectivity index (χ0v) is 13.3. The van der Waals surface area contributed by atoms with Crippen molar-refractivity contribution in [2.45, 2.75) is 25.2 Å². The third kappa shape index (κ3) is 5.85. The van der Waals surface area contributed by atoms with Crippen LogP contribution in [-0.4, -0.2) is 39.3 Å². The Morgan fingerprint density at radius 1 is 0.786 bits per heavy atom. The van der Waals surface area contributed by atoms with Gasteiger partial charge in [-0.15, -0.1) is 16.6 Å². The highest BCUT2D eigenvalue weighted by Crippen LogP contribution is 1.98. The van der Waals surface area contributed by atoms with Crippen LogP contribution in [0.1, 0.15) is 0 Å². The van der Waals surface area contributed by atoms with Crippen LogP contribution >= 0.6 is 0 Å². The highest BCUT2D eigenvalue weighted by molar-refractivity contribution is 6.45. The molecule has 0 aliphatic rings. The number of rotatable bonds is 0. The standard InChI is InChI=1S/C10H16OSi3/c1-12-7-4-10(11,5-8-13-2)6-9-14-3/h11H,12-14H2,1-3H3. The Balaban J connectivity index is 4.84. The molecule has 0 saturated heterocycles. The molecule has 0 aromatic carbocycles. The summed E-state index contributed by atoms with van der Waals surface area (Å²) in [5.41, 5.74) is 7.59. The van der Waals surface area contributed by atoms with Crippen molar-refractivity contribution in [2.75, 3.05) is 0 Å². The molecular formula is C10H16OSi3. The van der Waals surface area contributed by atoms with E-state index < -0.39 is 5.60 Å². The van der Waals surface area contributed by atoms with Crippen LogP contribution in [0.5, 0.6) is 0 Å². The molecule has 1 nitrogen and oxygen atoms in total. The maximum absolute atomic E-state index is 9.95. The van der Waals surface area contributed by atoms with E-state index in [1.54, 1.807) is 0 Å². The van der Waals surface area contributed by atoms with Gasteiger partial charge in [0, 0.05) is 0 Å². The Morgan fingerprint density at radius 2 is 1.07 bits per heavy atom. The van der Waals surface area contributed by atoms with E-state index in [0.717, 1.165) is 0 Å². The van der Waals surface area contributed by atoms with Gasteiger partial charge in [-0.2, -0.15) is 0 Å². The van der Waals surface area contributed by atoms with E-state index in [1.165, 1.54) is 0 Å². The first-order valence-corrected chi connectivity index (χ1v) is 11.3. The summed E-state index contributed by atoms with van der Waals surface area (Å²) in [6.07, 6.45) is 0. The van der Waals surface area contributed by atoms with Crippen LogP contribution in [0.4, 0.5) is 0 Å². The summed E-state index contributed by atoms with van der Waals surface area (Å²) in [7, 11) is -1.04. The smallest absolute Gasteiger partial charge is 0.249 e. The molecule has 0 aromatic heterocycles. The van der Waals surface area contributed by atoms with Gasteiger partial charge in [0.2, 0.25) is 5.60 Å². The summed E-state index contributed by atoms with van der Waals surface area (Å²) in [5, 5.41) is 9.95. The minimum atomic E-state index is -1.32. The van der Waals surface area contributed by atoms with Crippen molar-refractivity contribution < 1.29 is 5.11 Å². The first-order valence-electron chi connectivity index (χ1n) is 4.91. The van der Waals surface area contributed by atoms with Crippen molar-refractivity contribution in [3.8, 4) is 34.4 Å². The van der Waals surface area contributed by atoms with E-state index in [4.69, 9.17) is 0 Å². The highest BCUT2D eigenvalue weighted by atomic mass is 28.2. The fourth-order valence-corrected chi connectivity index (χ4v) is 2.04. The van der Waals surface area contributed by atoms with Gasteiger partial charge in [0.25, 0.3) is 0 Å². The molecule has 0 aliphatic carbocycles. The quantitative estimate of drug-likeness (QED) is 0.391. The van der Waals surface area contributed by atoms with Crippen molar-refractivity contribution in [1.82, 2.24) is 0 Å². The third-order valence-corrected chi connectivity index (χ3v) is 2.93. The van der Waals surface area contributed by atoms with Crippen molar-refractivity contribution in [3.05, 3.63) is 0 Å². The largest absolute Gasteiger partial charge is 0.358 e. The van der Waals surface area contributed by atoms with Gasteiger partial charge in [-0.1, -0.05) is 19.6 Å². The molecule has 0 atom stereocenters. The van der Waals surface area contributed by atoms with Crippen molar-refractivity contribution in [2.24, 2.45) is 0 Å². The lowest BCUT2D eigenvalue weighted by atomic mass is 10.1. The van der Waals surface area contributed by atoms with Gasteiger partial charge in [0.05, 0.1) is 0 Å². The third-order valence-electron chi connectivity index (χ3n) is 1.34. The van der Waals surface area contributed by atoms with Crippen molar-refractivity contribution in [3.63, 3.8) is 0 Å². The molecule has 4 heteroatoms. The molecular weight excluding hydrogens is 220 g/mol. The number of aliphatic hydroxyl groups is 1. The van der Waals surface area contributed by atoms with E-state index in [2.05, 4.69) is 54.0 Å². The normalized spacial score (nSPS) is 14.6. The average Bonchev–Trinajstić information content (AvgIpc) is 2.21.